The molecule has 0 heterocycles. The van der Waals surface area contributed by atoms with Gasteiger partial charge in [-0.05, 0) is 136 Å². The Morgan fingerprint density at radius 1 is 0.400 bits per heavy atom. The molecule has 0 aromatic heterocycles. The van der Waals surface area contributed by atoms with Gasteiger partial charge in [-0.1, -0.05) is 71.7 Å². The van der Waals surface area contributed by atoms with E-state index in [2.05, 4.69) is 84.9 Å². The van der Waals surface area contributed by atoms with Crippen molar-refractivity contribution >= 4 is 63.5 Å². The maximum atomic E-state index is 11.7. The van der Waals surface area contributed by atoms with Gasteiger partial charge in [-0.2, -0.15) is 0 Å². The van der Waals surface area contributed by atoms with Gasteiger partial charge in [0.1, 0.15) is 5.78 Å². The first-order valence-electron chi connectivity index (χ1n) is 16.1. The first kappa shape index (κ1) is 35.6. The second kappa shape index (κ2) is 16.6. The van der Waals surface area contributed by atoms with Crippen molar-refractivity contribution in [3.05, 3.63) is 162 Å². The third-order valence-electron chi connectivity index (χ3n) is 7.78. The zero-order valence-electron chi connectivity index (χ0n) is 27.9. The summed E-state index contributed by atoms with van der Waals surface area (Å²) >= 11 is 5.08. The molecule has 6 aromatic rings. The minimum Gasteiger partial charge on any atom is -0.300 e. The van der Waals surface area contributed by atoms with Crippen molar-refractivity contribution in [1.82, 2.24) is 0 Å². The zero-order valence-corrected chi connectivity index (χ0v) is 31.2. The summed E-state index contributed by atoms with van der Waals surface area (Å²) in [5.41, 5.74) is 2.47. The van der Waals surface area contributed by atoms with Gasteiger partial charge in [-0.3, -0.25) is 14.4 Å². The maximum absolute atomic E-state index is 11.7. The lowest BCUT2D eigenvalue weighted by atomic mass is 10.1. The van der Waals surface area contributed by atoms with Crippen LogP contribution in [0, 0.1) is 0 Å². The quantitative estimate of drug-likeness (QED) is 0.0872. The van der Waals surface area contributed by atoms with E-state index in [0.717, 1.165) is 46.1 Å². The Labute approximate surface area is 309 Å². The third-order valence-corrected chi connectivity index (χ3v) is 13.1. The predicted octanol–water partition coefficient (Wildman–Crippen LogP) is 11.8. The second-order valence-electron chi connectivity index (χ2n) is 11.7. The summed E-state index contributed by atoms with van der Waals surface area (Å²) in [7, 11) is -0.339. The smallest absolute Gasteiger partial charge is 0.166 e. The molecule has 0 N–H and O–H groups in total. The van der Waals surface area contributed by atoms with E-state index >= 15 is 0 Å². The van der Waals surface area contributed by atoms with Crippen LogP contribution in [0.15, 0.2) is 190 Å². The molecule has 0 spiro atoms. The standard InChI is InChI=1S/C43H35O3S4/c1-29(44)28-32-4-10-35(11-5-32)47-38-16-22-41(23-17-38)50(42-24-18-39(19-25-42)48-36-12-6-33(7-13-36)30(2)45)43-26-20-40(21-27-43)49-37-14-8-34(9-15-37)31(3)46/h4-27H,28H2,1-3H3/q+1. The molecule has 0 aliphatic carbocycles. The summed E-state index contributed by atoms with van der Waals surface area (Å²) < 4.78 is 0. The van der Waals surface area contributed by atoms with Crippen molar-refractivity contribution in [3.63, 3.8) is 0 Å². The van der Waals surface area contributed by atoms with Gasteiger partial charge in [-0.25, -0.2) is 0 Å². The molecular formula is C43H35O3S4+. The molecule has 0 atom stereocenters. The van der Waals surface area contributed by atoms with Crippen molar-refractivity contribution in [2.75, 3.05) is 0 Å². The van der Waals surface area contributed by atoms with E-state index in [1.165, 1.54) is 14.7 Å². The van der Waals surface area contributed by atoms with E-state index in [-0.39, 0.29) is 28.2 Å². The number of benzene rings is 6. The molecule has 248 valence electrons. The number of hydrogen-bond donors (Lipinski definition) is 0. The minimum atomic E-state index is -0.339. The van der Waals surface area contributed by atoms with E-state index in [0.29, 0.717) is 6.42 Å². The number of rotatable bonds is 13. The molecule has 0 unspecified atom stereocenters. The lowest BCUT2D eigenvalue weighted by Gasteiger charge is -2.11. The molecule has 0 saturated heterocycles. The summed E-state index contributed by atoms with van der Waals surface area (Å²) in [6.07, 6.45) is 0.462. The second-order valence-corrected chi connectivity index (χ2v) is 17.2. The lowest BCUT2D eigenvalue weighted by molar-refractivity contribution is -0.116. The maximum Gasteiger partial charge on any atom is 0.166 e. The molecule has 50 heavy (non-hydrogen) atoms. The van der Waals surface area contributed by atoms with Gasteiger partial charge in [0, 0.05) is 46.9 Å². The van der Waals surface area contributed by atoms with Gasteiger partial charge in [0.15, 0.2) is 26.3 Å². The highest BCUT2D eigenvalue weighted by molar-refractivity contribution is 8.00. The molecule has 0 amide bonds. The van der Waals surface area contributed by atoms with Gasteiger partial charge in [-0.15, -0.1) is 0 Å². The number of hydrogen-bond acceptors (Lipinski definition) is 6. The summed E-state index contributed by atoms with van der Waals surface area (Å²) in [6.45, 7) is 4.79. The Kier molecular flexibility index (Phi) is 11.8. The average molecular weight is 728 g/mol. The Morgan fingerprint density at radius 3 is 0.920 bits per heavy atom. The Bertz CT molecular complexity index is 1990. The van der Waals surface area contributed by atoms with Gasteiger partial charge >= 0.3 is 0 Å². The highest BCUT2D eigenvalue weighted by Gasteiger charge is 2.29. The molecule has 0 fully saturated rings. The van der Waals surface area contributed by atoms with Crippen LogP contribution in [0.1, 0.15) is 47.1 Å². The third kappa shape index (κ3) is 9.49. The monoisotopic (exact) mass is 727 g/mol. The number of carbonyl (C=O) groups is 3. The van der Waals surface area contributed by atoms with Crippen molar-refractivity contribution < 1.29 is 14.4 Å². The fourth-order valence-corrected chi connectivity index (χ4v) is 9.72. The van der Waals surface area contributed by atoms with Gasteiger partial charge in [0.05, 0.1) is 10.9 Å². The normalized spacial score (nSPS) is 11.0. The SMILES string of the molecule is CC(=O)Cc1ccc(Sc2ccc([S+](c3ccc(Sc4ccc(C(C)=O)cc4)cc3)c3ccc(Sc4ccc(C(C)=O)cc4)cc3)cc2)cc1. The molecule has 7 heteroatoms. The molecule has 0 radical (unpaired) electrons. The van der Waals surface area contributed by atoms with Crippen LogP contribution in [0.3, 0.4) is 0 Å². The highest BCUT2D eigenvalue weighted by atomic mass is 32.2. The Hall–Kier alpha value is -4.27. The summed E-state index contributed by atoms with van der Waals surface area (Å²) in [5.74, 6) is 0.303. The van der Waals surface area contributed by atoms with Crippen LogP contribution < -0.4 is 0 Å². The zero-order chi connectivity index (χ0) is 35.0. The molecule has 3 nitrogen and oxygen atoms in total. The molecule has 6 rings (SSSR count). The summed E-state index contributed by atoms with van der Waals surface area (Å²) in [5, 5.41) is 0. The first-order valence-corrected chi connectivity index (χ1v) is 19.8. The van der Waals surface area contributed by atoms with Crippen LogP contribution in [-0.2, 0) is 22.1 Å². The predicted molar refractivity (Wildman–Crippen MR) is 208 cm³/mol. The Morgan fingerprint density at radius 2 is 0.660 bits per heavy atom. The first-order chi connectivity index (χ1) is 24.2. The molecule has 0 saturated carbocycles. The minimum absolute atomic E-state index is 0.0688. The van der Waals surface area contributed by atoms with Gasteiger partial charge < -0.3 is 0 Å². The molecule has 0 bridgehead atoms. The largest absolute Gasteiger partial charge is 0.300 e. The van der Waals surface area contributed by atoms with Crippen molar-refractivity contribution in [3.8, 4) is 0 Å². The molecule has 6 aromatic carbocycles. The van der Waals surface area contributed by atoms with Crippen LogP contribution >= 0.6 is 35.3 Å². The van der Waals surface area contributed by atoms with Crippen molar-refractivity contribution in [2.24, 2.45) is 0 Å². The van der Waals surface area contributed by atoms with Crippen LogP contribution in [0.25, 0.3) is 0 Å². The Balaban J connectivity index is 1.24. The fourth-order valence-electron chi connectivity index (χ4n) is 5.23. The van der Waals surface area contributed by atoms with E-state index in [1.807, 2.05) is 60.7 Å². The number of ketones is 3. The van der Waals surface area contributed by atoms with Crippen molar-refractivity contribution in [2.45, 2.75) is 71.3 Å². The van der Waals surface area contributed by atoms with Crippen LogP contribution in [0.2, 0.25) is 0 Å². The van der Waals surface area contributed by atoms with Gasteiger partial charge in [0.25, 0.3) is 0 Å². The highest BCUT2D eigenvalue weighted by Crippen LogP contribution is 2.37. The van der Waals surface area contributed by atoms with Crippen LogP contribution in [0.5, 0.6) is 0 Å². The summed E-state index contributed by atoms with van der Waals surface area (Å²) in [4.78, 5) is 45.3. The van der Waals surface area contributed by atoms with E-state index in [4.69, 9.17) is 0 Å². The van der Waals surface area contributed by atoms with E-state index in [9.17, 15) is 14.4 Å². The molecule has 0 aliphatic rings. The average Bonchev–Trinajstić information content (AvgIpc) is 3.12. The lowest BCUT2D eigenvalue weighted by Crippen LogP contribution is -2.04. The van der Waals surface area contributed by atoms with Crippen LogP contribution in [-0.4, -0.2) is 17.3 Å². The van der Waals surface area contributed by atoms with Gasteiger partial charge in [0.2, 0.25) is 0 Å². The molecule has 0 aliphatic heterocycles. The van der Waals surface area contributed by atoms with E-state index in [1.54, 1.807) is 56.1 Å². The van der Waals surface area contributed by atoms with Crippen molar-refractivity contribution in [1.29, 1.82) is 0 Å². The molecular weight excluding hydrogens is 693 g/mol. The summed E-state index contributed by atoms with van der Waals surface area (Å²) in [6, 6.07) is 50.1. The van der Waals surface area contributed by atoms with E-state index < -0.39 is 0 Å². The number of carbonyl (C=O) groups excluding carboxylic acids is 3. The topological polar surface area (TPSA) is 51.2 Å². The fraction of sp³-hybridized carbons (Fsp3) is 0.0930. The van der Waals surface area contributed by atoms with Crippen LogP contribution in [0.4, 0.5) is 0 Å². The number of Topliss-reactive ketones (excluding diaryl/α,β-unsaturated/α-hetero) is 3.